The first-order chi connectivity index (χ1) is 6.91. The molecule has 0 saturated heterocycles. The number of hydrogen-bond acceptors (Lipinski definition) is 2. The molecular formula is C8H4ClF3O3. The molecule has 0 aliphatic carbocycles. The van der Waals surface area contributed by atoms with Crippen molar-refractivity contribution in [3.05, 3.63) is 28.5 Å². The maximum Gasteiger partial charge on any atom is 0.387 e. The van der Waals surface area contributed by atoms with Gasteiger partial charge in [-0.2, -0.15) is 8.78 Å². The lowest BCUT2D eigenvalue weighted by Gasteiger charge is -2.07. The van der Waals surface area contributed by atoms with Crippen LogP contribution >= 0.6 is 11.6 Å². The maximum absolute atomic E-state index is 13.0. The molecule has 0 fully saturated rings. The monoisotopic (exact) mass is 240 g/mol. The molecule has 0 aromatic heterocycles. The summed E-state index contributed by atoms with van der Waals surface area (Å²) in [5.74, 6) is -3.34. The summed E-state index contributed by atoms with van der Waals surface area (Å²) >= 11 is 5.40. The standard InChI is InChI=1S/C8H4ClF3O3/c9-4-1-3(7(13)14)5(10)2-6(4)15-8(11)12/h1-2,8H,(H,13,14). The van der Waals surface area contributed by atoms with Gasteiger partial charge in [0, 0.05) is 6.07 Å². The van der Waals surface area contributed by atoms with Crippen molar-refractivity contribution >= 4 is 17.6 Å². The molecule has 0 amide bonds. The lowest BCUT2D eigenvalue weighted by molar-refractivity contribution is -0.0499. The third-order valence-electron chi connectivity index (χ3n) is 1.47. The molecule has 7 heteroatoms. The van der Waals surface area contributed by atoms with Gasteiger partial charge in [0.1, 0.15) is 11.6 Å². The van der Waals surface area contributed by atoms with E-state index in [1.54, 1.807) is 0 Å². The minimum atomic E-state index is -3.16. The second-order valence-electron chi connectivity index (χ2n) is 2.45. The van der Waals surface area contributed by atoms with Crippen molar-refractivity contribution in [2.75, 3.05) is 0 Å². The van der Waals surface area contributed by atoms with Crippen LogP contribution in [-0.4, -0.2) is 17.7 Å². The Morgan fingerprint density at radius 2 is 2.07 bits per heavy atom. The largest absolute Gasteiger partial charge is 0.478 e. The molecule has 0 aliphatic heterocycles. The fourth-order valence-electron chi connectivity index (χ4n) is 0.879. The second-order valence-corrected chi connectivity index (χ2v) is 2.85. The Hall–Kier alpha value is -1.43. The minimum Gasteiger partial charge on any atom is -0.478 e. The fraction of sp³-hybridized carbons (Fsp3) is 0.125. The van der Waals surface area contributed by atoms with Gasteiger partial charge in [0.25, 0.3) is 0 Å². The van der Waals surface area contributed by atoms with Gasteiger partial charge < -0.3 is 9.84 Å². The molecule has 0 unspecified atom stereocenters. The van der Waals surface area contributed by atoms with E-state index >= 15 is 0 Å². The third kappa shape index (κ3) is 2.76. The average molecular weight is 241 g/mol. The fourth-order valence-corrected chi connectivity index (χ4v) is 1.09. The van der Waals surface area contributed by atoms with Crippen LogP contribution in [0.1, 0.15) is 10.4 Å². The van der Waals surface area contributed by atoms with E-state index in [9.17, 15) is 18.0 Å². The molecule has 0 aliphatic rings. The zero-order valence-corrected chi connectivity index (χ0v) is 7.76. The van der Waals surface area contributed by atoms with Crippen LogP contribution in [0, 0.1) is 5.82 Å². The summed E-state index contributed by atoms with van der Waals surface area (Å²) in [7, 11) is 0. The summed E-state index contributed by atoms with van der Waals surface area (Å²) in [4.78, 5) is 10.4. The maximum atomic E-state index is 13.0. The van der Waals surface area contributed by atoms with Gasteiger partial charge in [0.2, 0.25) is 0 Å². The van der Waals surface area contributed by atoms with Crippen molar-refractivity contribution in [1.29, 1.82) is 0 Å². The number of carboxylic acids is 1. The smallest absolute Gasteiger partial charge is 0.387 e. The number of halogens is 4. The molecule has 82 valence electrons. The molecule has 3 nitrogen and oxygen atoms in total. The molecule has 0 saturated carbocycles. The number of ether oxygens (including phenoxy) is 1. The molecule has 15 heavy (non-hydrogen) atoms. The Kier molecular flexibility index (Phi) is 3.41. The number of alkyl halides is 2. The molecule has 1 aromatic rings. The van der Waals surface area contributed by atoms with E-state index in [0.29, 0.717) is 12.1 Å². The first kappa shape index (κ1) is 11.6. The van der Waals surface area contributed by atoms with Crippen LogP contribution in [0.15, 0.2) is 12.1 Å². The zero-order valence-electron chi connectivity index (χ0n) is 7.01. The van der Waals surface area contributed by atoms with Crippen molar-refractivity contribution in [3.8, 4) is 5.75 Å². The topological polar surface area (TPSA) is 46.5 Å². The van der Waals surface area contributed by atoms with Crippen LogP contribution in [0.3, 0.4) is 0 Å². The minimum absolute atomic E-state index is 0.394. The van der Waals surface area contributed by atoms with Gasteiger partial charge >= 0.3 is 12.6 Å². The average Bonchev–Trinajstić information content (AvgIpc) is 2.09. The third-order valence-corrected chi connectivity index (χ3v) is 1.76. The molecule has 0 bridgehead atoms. The predicted octanol–water partition coefficient (Wildman–Crippen LogP) is 2.78. The van der Waals surface area contributed by atoms with Crippen molar-refractivity contribution in [3.63, 3.8) is 0 Å². The summed E-state index contributed by atoms with van der Waals surface area (Å²) in [6.07, 6.45) is 0. The summed E-state index contributed by atoms with van der Waals surface area (Å²) in [6, 6.07) is 1.20. The van der Waals surface area contributed by atoms with Gasteiger partial charge in [-0.25, -0.2) is 9.18 Å². The van der Waals surface area contributed by atoms with E-state index in [0.717, 1.165) is 0 Å². The molecule has 1 aromatic carbocycles. The van der Waals surface area contributed by atoms with Crippen LogP contribution in [0.2, 0.25) is 5.02 Å². The first-order valence-corrected chi connectivity index (χ1v) is 3.96. The van der Waals surface area contributed by atoms with E-state index in [1.807, 2.05) is 0 Å². The van der Waals surface area contributed by atoms with Crippen molar-refractivity contribution < 1.29 is 27.8 Å². The molecule has 1 rings (SSSR count). The van der Waals surface area contributed by atoms with Gasteiger partial charge in [-0.15, -0.1) is 0 Å². The van der Waals surface area contributed by atoms with Crippen LogP contribution < -0.4 is 4.74 Å². The highest BCUT2D eigenvalue weighted by Gasteiger charge is 2.16. The Balaban J connectivity index is 3.13. The molecular weight excluding hydrogens is 237 g/mol. The van der Waals surface area contributed by atoms with Crippen molar-refractivity contribution in [2.24, 2.45) is 0 Å². The zero-order chi connectivity index (χ0) is 11.6. The van der Waals surface area contributed by atoms with Crippen LogP contribution in [0.25, 0.3) is 0 Å². The molecule has 0 spiro atoms. The normalized spacial score (nSPS) is 10.5. The summed E-state index contributed by atoms with van der Waals surface area (Å²) in [5, 5.41) is 8.08. The molecule has 0 heterocycles. The summed E-state index contributed by atoms with van der Waals surface area (Å²) in [5.41, 5.74) is -0.707. The highest BCUT2D eigenvalue weighted by atomic mass is 35.5. The van der Waals surface area contributed by atoms with Gasteiger partial charge in [0.05, 0.1) is 10.6 Å². The summed E-state index contributed by atoms with van der Waals surface area (Å²) < 4.78 is 40.4. The number of rotatable bonds is 3. The van der Waals surface area contributed by atoms with Gasteiger partial charge in [0.15, 0.2) is 0 Å². The van der Waals surface area contributed by atoms with Crippen LogP contribution in [0.5, 0.6) is 5.75 Å². The van der Waals surface area contributed by atoms with E-state index in [2.05, 4.69) is 4.74 Å². The lowest BCUT2D eigenvalue weighted by atomic mass is 10.2. The molecule has 0 atom stereocenters. The van der Waals surface area contributed by atoms with Crippen LogP contribution in [-0.2, 0) is 0 Å². The Morgan fingerprint density at radius 3 is 2.53 bits per heavy atom. The second kappa shape index (κ2) is 4.39. The first-order valence-electron chi connectivity index (χ1n) is 3.59. The van der Waals surface area contributed by atoms with Gasteiger partial charge in [-0.1, -0.05) is 11.6 Å². The molecule has 0 radical (unpaired) electrons. The number of carboxylic acid groups (broad SMARTS) is 1. The van der Waals surface area contributed by atoms with Crippen LogP contribution in [0.4, 0.5) is 13.2 Å². The van der Waals surface area contributed by atoms with E-state index in [-0.39, 0.29) is 0 Å². The Labute approximate surface area is 87.0 Å². The highest BCUT2D eigenvalue weighted by Crippen LogP contribution is 2.28. The lowest BCUT2D eigenvalue weighted by Crippen LogP contribution is -2.05. The number of benzene rings is 1. The Morgan fingerprint density at radius 1 is 1.47 bits per heavy atom. The highest BCUT2D eigenvalue weighted by molar-refractivity contribution is 6.32. The van der Waals surface area contributed by atoms with Crippen molar-refractivity contribution in [1.82, 2.24) is 0 Å². The van der Waals surface area contributed by atoms with E-state index in [4.69, 9.17) is 16.7 Å². The predicted molar refractivity (Wildman–Crippen MR) is 45.0 cm³/mol. The van der Waals surface area contributed by atoms with E-state index < -0.39 is 34.7 Å². The van der Waals surface area contributed by atoms with Gasteiger partial charge in [-0.3, -0.25) is 0 Å². The van der Waals surface area contributed by atoms with E-state index in [1.165, 1.54) is 0 Å². The number of aromatic carboxylic acids is 1. The number of carbonyl (C=O) groups is 1. The molecule has 1 N–H and O–H groups in total. The van der Waals surface area contributed by atoms with Crippen molar-refractivity contribution in [2.45, 2.75) is 6.61 Å². The quantitative estimate of drug-likeness (QED) is 0.884. The van der Waals surface area contributed by atoms with Gasteiger partial charge in [-0.05, 0) is 6.07 Å². The SMILES string of the molecule is O=C(O)c1cc(Cl)c(OC(F)F)cc1F. The summed E-state index contributed by atoms with van der Waals surface area (Å²) in [6.45, 7) is -3.16. The Bertz CT molecular complexity index is 395. The number of hydrogen-bond donors (Lipinski definition) is 1.